The molecule has 0 aromatic carbocycles. The molecular formula is C63H104O14. The van der Waals surface area contributed by atoms with Crippen molar-refractivity contribution in [1.82, 2.24) is 0 Å². The first kappa shape index (κ1) is 69.8. The fourth-order valence-corrected chi connectivity index (χ4v) is 8.60. The molecule has 2 heterocycles. The Morgan fingerprint density at radius 1 is 0.429 bits per heavy atom. The number of carbonyl (C=O) groups excluding carboxylic acids is 1. The number of aliphatic hydroxyl groups is 7. The number of esters is 1. The van der Waals surface area contributed by atoms with E-state index in [0.29, 0.717) is 13.0 Å². The predicted octanol–water partition coefficient (Wildman–Crippen LogP) is 10.7. The Balaban J connectivity index is 1.73. The third kappa shape index (κ3) is 35.1. The van der Waals surface area contributed by atoms with Crippen LogP contribution in [0.2, 0.25) is 0 Å². The molecule has 2 aliphatic heterocycles. The van der Waals surface area contributed by atoms with Crippen LogP contribution < -0.4 is 0 Å². The molecule has 11 atom stereocenters. The number of hydrogen-bond acceptors (Lipinski definition) is 14. The summed E-state index contributed by atoms with van der Waals surface area (Å²) in [5, 5.41) is 72.4. The zero-order valence-electron chi connectivity index (χ0n) is 47.2. The first-order valence-corrected chi connectivity index (χ1v) is 29.5. The molecule has 14 heteroatoms. The highest BCUT2D eigenvalue weighted by Crippen LogP contribution is 2.26. The number of unbranched alkanes of at least 4 members (excludes halogenated alkanes) is 14. The summed E-state index contributed by atoms with van der Waals surface area (Å²) >= 11 is 0. The Morgan fingerprint density at radius 3 is 1.26 bits per heavy atom. The maximum absolute atomic E-state index is 13.1. The lowest BCUT2D eigenvalue weighted by Crippen LogP contribution is -2.61. The van der Waals surface area contributed by atoms with E-state index in [-0.39, 0.29) is 19.6 Å². The highest BCUT2D eigenvalue weighted by molar-refractivity contribution is 5.69. The maximum atomic E-state index is 13.1. The first-order valence-electron chi connectivity index (χ1n) is 29.5. The van der Waals surface area contributed by atoms with Crippen molar-refractivity contribution in [3.63, 3.8) is 0 Å². The molecule has 0 aliphatic carbocycles. The van der Waals surface area contributed by atoms with E-state index in [4.69, 9.17) is 28.4 Å². The van der Waals surface area contributed by atoms with Gasteiger partial charge in [0.15, 0.2) is 12.6 Å². The Kier molecular flexibility index (Phi) is 44.0. The second kappa shape index (κ2) is 48.5. The number of carbonyl (C=O) groups is 1. The number of ether oxygens (including phenoxy) is 6. The lowest BCUT2D eigenvalue weighted by molar-refractivity contribution is -0.332. The van der Waals surface area contributed by atoms with Gasteiger partial charge in [0, 0.05) is 13.0 Å². The van der Waals surface area contributed by atoms with Crippen LogP contribution in [0.4, 0.5) is 0 Å². The average molecular weight is 1090 g/mol. The molecule has 0 amide bonds. The molecule has 0 aromatic heterocycles. The Hall–Kier alpha value is -3.35. The van der Waals surface area contributed by atoms with Crippen molar-refractivity contribution < 1.29 is 69.0 Å². The second-order valence-corrected chi connectivity index (χ2v) is 20.1. The monoisotopic (exact) mass is 1080 g/mol. The van der Waals surface area contributed by atoms with E-state index < -0.39 is 86.7 Å². The van der Waals surface area contributed by atoms with E-state index in [0.717, 1.165) is 116 Å². The Morgan fingerprint density at radius 2 is 0.805 bits per heavy atom. The summed E-state index contributed by atoms with van der Waals surface area (Å²) in [4.78, 5) is 13.1. The SMILES string of the molecule is CC/C=C\C/C=C\C/C=C\C/C=C\C/C=C\CCCCCCOCC(COC1OC(COC2OC(CO)C(O)C(O)C2O)C(O)C(O)C1O)OC(=O)CCCCCCCCCCCC/C=C\C/C=C\C/C=C\C/C=C\CC. The van der Waals surface area contributed by atoms with Crippen LogP contribution >= 0.6 is 0 Å². The first-order chi connectivity index (χ1) is 37.6. The predicted molar refractivity (Wildman–Crippen MR) is 307 cm³/mol. The summed E-state index contributed by atoms with van der Waals surface area (Å²) < 4.78 is 34.4. The normalized spacial score (nSPS) is 25.1. The van der Waals surface area contributed by atoms with Gasteiger partial charge >= 0.3 is 5.97 Å². The minimum atomic E-state index is -1.72. The number of rotatable bonds is 46. The molecule has 11 unspecified atom stereocenters. The van der Waals surface area contributed by atoms with Crippen molar-refractivity contribution in [2.24, 2.45) is 0 Å². The van der Waals surface area contributed by atoms with Gasteiger partial charge in [0.1, 0.15) is 54.9 Å². The van der Waals surface area contributed by atoms with Gasteiger partial charge in [-0.3, -0.25) is 4.79 Å². The summed E-state index contributed by atoms with van der Waals surface area (Å²) in [6.45, 7) is 3.38. The molecule has 0 aromatic rings. The van der Waals surface area contributed by atoms with Crippen LogP contribution in [0.5, 0.6) is 0 Å². The molecule has 0 bridgehead atoms. The van der Waals surface area contributed by atoms with Crippen LogP contribution in [0, 0.1) is 0 Å². The molecule has 0 saturated carbocycles. The van der Waals surface area contributed by atoms with Gasteiger partial charge in [-0.05, 0) is 96.3 Å². The van der Waals surface area contributed by atoms with Gasteiger partial charge in [-0.1, -0.05) is 187 Å². The van der Waals surface area contributed by atoms with Crippen LogP contribution in [0.1, 0.15) is 181 Å². The van der Waals surface area contributed by atoms with Crippen molar-refractivity contribution >= 4 is 5.97 Å². The Bertz CT molecular complexity index is 1690. The molecule has 2 fully saturated rings. The molecule has 14 nitrogen and oxygen atoms in total. The molecule has 2 aliphatic rings. The van der Waals surface area contributed by atoms with Gasteiger partial charge < -0.3 is 64.2 Å². The summed E-state index contributed by atoms with van der Waals surface area (Å²) in [5.74, 6) is -0.395. The lowest BCUT2D eigenvalue weighted by atomic mass is 9.98. The van der Waals surface area contributed by atoms with E-state index >= 15 is 0 Å². The summed E-state index contributed by atoms with van der Waals surface area (Å²) in [6, 6.07) is 0. The van der Waals surface area contributed by atoms with Gasteiger partial charge in [0.25, 0.3) is 0 Å². The number of aliphatic hydroxyl groups excluding tert-OH is 7. The van der Waals surface area contributed by atoms with Gasteiger partial charge in [-0.2, -0.15) is 0 Å². The largest absolute Gasteiger partial charge is 0.457 e. The van der Waals surface area contributed by atoms with Crippen molar-refractivity contribution in [3.05, 3.63) is 109 Å². The smallest absolute Gasteiger partial charge is 0.306 e. The lowest BCUT2D eigenvalue weighted by Gasteiger charge is -2.42. The zero-order valence-corrected chi connectivity index (χ0v) is 47.2. The van der Waals surface area contributed by atoms with Crippen LogP contribution in [0.15, 0.2) is 109 Å². The van der Waals surface area contributed by atoms with E-state index in [2.05, 4.69) is 123 Å². The number of allylic oxidation sites excluding steroid dienone is 18. The van der Waals surface area contributed by atoms with E-state index in [1.54, 1.807) is 0 Å². The summed E-state index contributed by atoms with van der Waals surface area (Å²) in [7, 11) is 0. The molecule has 440 valence electrons. The quantitative estimate of drug-likeness (QED) is 0.0172. The standard InChI is InChI=1S/C63H104O14/c1-3-5-7-9-11-13-15-17-19-21-23-25-26-27-28-30-32-34-36-38-40-42-44-46-55(65)75-52(49-72-47-45-43-41-39-37-35-33-31-29-24-22-20-18-16-14-12-10-8-6-4-2)50-73-62-61(71)59(69)57(67)54(77-62)51-74-63-60(70)58(68)56(66)53(48-64)76-63/h5-8,11-14,17-20,23-25,29,33,35,52-54,56-64,66-71H,3-4,9-10,15-16,21-22,26-28,30-32,34,36-51H2,1-2H3/b7-5-,8-6-,13-11-,14-12-,19-17-,20-18-,25-23-,29-24-,35-33-. The van der Waals surface area contributed by atoms with Crippen LogP contribution in [-0.4, -0.2) is 142 Å². The average Bonchev–Trinajstić information content (AvgIpc) is 3.43. The van der Waals surface area contributed by atoms with Gasteiger partial charge in [-0.25, -0.2) is 0 Å². The Labute approximate surface area is 464 Å². The van der Waals surface area contributed by atoms with E-state index in [9.17, 15) is 40.5 Å². The fraction of sp³-hybridized carbons (Fsp3) is 0.698. The van der Waals surface area contributed by atoms with Crippen molar-refractivity contribution in [3.8, 4) is 0 Å². The van der Waals surface area contributed by atoms with Crippen LogP contribution in [-0.2, 0) is 33.2 Å². The zero-order chi connectivity index (χ0) is 55.8. The molecule has 77 heavy (non-hydrogen) atoms. The fourth-order valence-electron chi connectivity index (χ4n) is 8.60. The van der Waals surface area contributed by atoms with Crippen molar-refractivity contribution in [1.29, 1.82) is 0 Å². The van der Waals surface area contributed by atoms with E-state index in [1.807, 2.05) is 0 Å². The third-order valence-electron chi connectivity index (χ3n) is 13.3. The minimum absolute atomic E-state index is 0.0356. The summed E-state index contributed by atoms with van der Waals surface area (Å²) in [6.07, 6.45) is 50.0. The molecule has 0 spiro atoms. The third-order valence-corrected chi connectivity index (χ3v) is 13.3. The van der Waals surface area contributed by atoms with Crippen molar-refractivity contribution in [2.75, 3.05) is 33.0 Å². The molecule has 2 saturated heterocycles. The second-order valence-electron chi connectivity index (χ2n) is 20.1. The maximum Gasteiger partial charge on any atom is 0.306 e. The van der Waals surface area contributed by atoms with Gasteiger partial charge in [0.05, 0.1) is 26.4 Å². The van der Waals surface area contributed by atoms with Crippen LogP contribution in [0.3, 0.4) is 0 Å². The van der Waals surface area contributed by atoms with E-state index in [1.165, 1.54) is 38.5 Å². The topological polar surface area (TPSA) is 214 Å². The molecule has 0 radical (unpaired) electrons. The van der Waals surface area contributed by atoms with Crippen LogP contribution in [0.25, 0.3) is 0 Å². The van der Waals surface area contributed by atoms with Gasteiger partial charge in [0.2, 0.25) is 0 Å². The minimum Gasteiger partial charge on any atom is -0.457 e. The number of hydrogen-bond donors (Lipinski definition) is 7. The molecule has 7 N–H and O–H groups in total. The van der Waals surface area contributed by atoms with Gasteiger partial charge in [-0.15, -0.1) is 0 Å². The summed E-state index contributed by atoms with van der Waals surface area (Å²) in [5.41, 5.74) is 0. The highest BCUT2D eigenvalue weighted by atomic mass is 16.7. The molecular weight excluding hydrogens is 981 g/mol. The molecule has 2 rings (SSSR count). The van der Waals surface area contributed by atoms with Crippen molar-refractivity contribution in [2.45, 2.75) is 248 Å². The highest BCUT2D eigenvalue weighted by Gasteiger charge is 2.47.